The summed E-state index contributed by atoms with van der Waals surface area (Å²) in [4.78, 5) is 38.5. The fourth-order valence-corrected chi connectivity index (χ4v) is 9.33. The van der Waals surface area contributed by atoms with Gasteiger partial charge in [0.25, 0.3) is 5.91 Å². The smallest absolute Gasteiger partial charge is 0.378 e. The number of amides is 2. The normalized spacial score (nSPS) is 25.7. The molecule has 4 heterocycles. The van der Waals surface area contributed by atoms with E-state index in [1.165, 1.54) is 4.90 Å². The van der Waals surface area contributed by atoms with Gasteiger partial charge in [-0.15, -0.1) is 0 Å². The maximum Gasteiger partial charge on any atom is 0.416 e. The zero-order valence-electron chi connectivity index (χ0n) is 31.6. The number of allylic oxidation sites excluding steroid dienone is 4. The number of piperidine rings is 2. The van der Waals surface area contributed by atoms with Crippen LogP contribution in [0.5, 0.6) is 0 Å². The van der Waals surface area contributed by atoms with E-state index in [2.05, 4.69) is 20.8 Å². The molecule has 5 aliphatic rings. The van der Waals surface area contributed by atoms with Crippen molar-refractivity contribution < 1.29 is 40.7 Å². The molecule has 2 aromatic carbocycles. The Balaban J connectivity index is 0.983. The molecular formula is C42H51F6N5O3. The number of likely N-dealkylation sites (tertiary alicyclic amines) is 2. The van der Waals surface area contributed by atoms with Crippen molar-refractivity contribution in [3.05, 3.63) is 95.1 Å². The number of carbonyl (C=O) groups is 2. The summed E-state index contributed by atoms with van der Waals surface area (Å²) in [5, 5.41) is 0. The molecule has 0 aromatic heterocycles. The van der Waals surface area contributed by atoms with Crippen molar-refractivity contribution in [1.82, 2.24) is 24.5 Å². The standard InChI is InChI=1S/C42H51F6N5O3/c43-41(44,45)33-26-32(27-34(28-33)42(46,47)48)39(54)53-16-13-36(29-37(53)25-30-7-3-1-4-8-30)50-19-17-49(18-20-50)35-11-14-51(15-12-35)38(31-9-5-2-6-10-31)40(55)52-21-23-56-24-22-52/h1-7,9-10,26-28,30,35-38H,8,11-25,29H2. The third kappa shape index (κ3) is 9.52. The van der Waals surface area contributed by atoms with Crippen LogP contribution in [-0.2, 0) is 21.9 Å². The number of piperazine rings is 1. The molecule has 2 amide bonds. The lowest BCUT2D eigenvalue weighted by Crippen LogP contribution is -2.58. The van der Waals surface area contributed by atoms with E-state index in [0.29, 0.717) is 63.7 Å². The van der Waals surface area contributed by atoms with Crippen LogP contribution in [0.2, 0.25) is 0 Å². The van der Waals surface area contributed by atoms with Crippen LogP contribution in [0.3, 0.4) is 0 Å². The second-order valence-electron chi connectivity index (χ2n) is 15.8. The van der Waals surface area contributed by atoms with E-state index >= 15 is 0 Å². The minimum atomic E-state index is -5.03. The quantitative estimate of drug-likeness (QED) is 0.272. The summed E-state index contributed by atoms with van der Waals surface area (Å²) in [5.41, 5.74) is -2.54. The van der Waals surface area contributed by atoms with Crippen LogP contribution in [0.1, 0.15) is 71.6 Å². The first kappa shape index (κ1) is 40.5. The molecular weight excluding hydrogens is 736 g/mol. The molecule has 0 spiro atoms. The van der Waals surface area contributed by atoms with Crippen molar-refractivity contribution in [2.75, 3.05) is 72.1 Å². The van der Waals surface area contributed by atoms with Crippen molar-refractivity contribution in [2.45, 2.75) is 75.0 Å². The van der Waals surface area contributed by atoms with Crippen molar-refractivity contribution in [1.29, 1.82) is 0 Å². The van der Waals surface area contributed by atoms with Gasteiger partial charge in [0.05, 0.1) is 24.3 Å². The summed E-state index contributed by atoms with van der Waals surface area (Å²) < 4.78 is 87.7. The van der Waals surface area contributed by atoms with E-state index < -0.39 is 35.0 Å². The van der Waals surface area contributed by atoms with Gasteiger partial charge in [0.1, 0.15) is 6.04 Å². The van der Waals surface area contributed by atoms with Gasteiger partial charge < -0.3 is 14.5 Å². The molecule has 4 atom stereocenters. The molecule has 304 valence electrons. The SMILES string of the molecule is O=C(C(c1ccccc1)N1CCC(N2CCN(C3CCN(C(=O)c4cc(C(F)(F)F)cc(C(F)(F)F)c4)C(CC4C=CC=CC4)C3)CC2)CC1)N1CCOCC1. The molecule has 4 aliphatic heterocycles. The molecule has 4 saturated heterocycles. The highest BCUT2D eigenvalue weighted by atomic mass is 19.4. The molecule has 8 nitrogen and oxygen atoms in total. The molecule has 0 N–H and O–H groups in total. The molecule has 0 bridgehead atoms. The van der Waals surface area contributed by atoms with E-state index in [9.17, 15) is 35.9 Å². The summed E-state index contributed by atoms with van der Waals surface area (Å²) in [6, 6.07) is 11.1. The van der Waals surface area contributed by atoms with Crippen LogP contribution in [0.15, 0.2) is 72.8 Å². The number of morpholine rings is 1. The Bertz CT molecular complexity index is 1680. The third-order valence-electron chi connectivity index (χ3n) is 12.3. The Morgan fingerprint density at radius 2 is 1.34 bits per heavy atom. The number of hydrogen-bond donors (Lipinski definition) is 0. The van der Waals surface area contributed by atoms with E-state index in [-0.39, 0.29) is 42.6 Å². The Morgan fingerprint density at radius 3 is 1.93 bits per heavy atom. The van der Waals surface area contributed by atoms with Crippen LogP contribution in [0.25, 0.3) is 0 Å². The Kier molecular flexibility index (Phi) is 12.6. The second-order valence-corrected chi connectivity index (χ2v) is 15.8. The summed E-state index contributed by atoms with van der Waals surface area (Å²) in [5.74, 6) is -0.549. The summed E-state index contributed by atoms with van der Waals surface area (Å²) >= 11 is 0. The first-order chi connectivity index (χ1) is 26.8. The number of alkyl halides is 6. The Morgan fingerprint density at radius 1 is 0.732 bits per heavy atom. The Labute approximate surface area is 324 Å². The van der Waals surface area contributed by atoms with Gasteiger partial charge in [-0.1, -0.05) is 54.6 Å². The van der Waals surface area contributed by atoms with Crippen LogP contribution < -0.4 is 0 Å². The van der Waals surface area contributed by atoms with Gasteiger partial charge in [-0.2, -0.15) is 26.3 Å². The summed E-state index contributed by atoms with van der Waals surface area (Å²) in [7, 11) is 0. The summed E-state index contributed by atoms with van der Waals surface area (Å²) in [6.07, 6.45) is 2.34. The number of hydrogen-bond acceptors (Lipinski definition) is 6. The molecule has 4 unspecified atom stereocenters. The highest BCUT2D eigenvalue weighted by Crippen LogP contribution is 2.38. The van der Waals surface area contributed by atoms with E-state index in [1.807, 2.05) is 53.5 Å². The third-order valence-corrected chi connectivity index (χ3v) is 12.3. The fraction of sp³-hybridized carbons (Fsp3) is 0.571. The fourth-order valence-electron chi connectivity index (χ4n) is 9.33. The first-order valence-electron chi connectivity index (χ1n) is 19.9. The van der Waals surface area contributed by atoms with Gasteiger partial charge in [0.15, 0.2) is 0 Å². The first-order valence-corrected chi connectivity index (χ1v) is 19.9. The molecule has 4 fully saturated rings. The van der Waals surface area contributed by atoms with Crippen molar-refractivity contribution in [2.24, 2.45) is 5.92 Å². The maximum absolute atomic E-state index is 13.9. The average molecular weight is 788 g/mol. The number of nitrogens with zero attached hydrogens (tertiary/aromatic N) is 5. The Hall–Kier alpha value is -3.72. The zero-order chi connectivity index (χ0) is 39.5. The molecule has 1 aliphatic carbocycles. The van der Waals surface area contributed by atoms with Gasteiger partial charge in [0.2, 0.25) is 5.91 Å². The van der Waals surface area contributed by atoms with Gasteiger partial charge in [0, 0.05) is 82.6 Å². The molecule has 14 heteroatoms. The van der Waals surface area contributed by atoms with Gasteiger partial charge in [-0.3, -0.25) is 24.3 Å². The summed E-state index contributed by atoms with van der Waals surface area (Å²) in [6.45, 7) is 7.63. The van der Waals surface area contributed by atoms with Crippen LogP contribution in [0.4, 0.5) is 26.3 Å². The topological polar surface area (TPSA) is 59.6 Å². The number of carbonyl (C=O) groups excluding carboxylic acids is 2. The number of ether oxygens (including phenoxy) is 1. The minimum Gasteiger partial charge on any atom is -0.378 e. The van der Waals surface area contributed by atoms with E-state index in [1.54, 1.807) is 0 Å². The highest BCUT2D eigenvalue weighted by Gasteiger charge is 2.42. The van der Waals surface area contributed by atoms with Crippen molar-refractivity contribution >= 4 is 11.8 Å². The van der Waals surface area contributed by atoms with Crippen LogP contribution in [-0.4, -0.2) is 127 Å². The van der Waals surface area contributed by atoms with E-state index in [0.717, 1.165) is 64.1 Å². The lowest BCUT2D eigenvalue weighted by molar-refractivity contribution is -0.143. The minimum absolute atomic E-state index is 0.0672. The maximum atomic E-state index is 13.9. The van der Waals surface area contributed by atoms with Crippen LogP contribution >= 0.6 is 0 Å². The molecule has 7 rings (SSSR count). The molecule has 0 radical (unpaired) electrons. The molecule has 0 saturated carbocycles. The largest absolute Gasteiger partial charge is 0.416 e. The van der Waals surface area contributed by atoms with Crippen molar-refractivity contribution in [3.63, 3.8) is 0 Å². The number of halogens is 6. The van der Waals surface area contributed by atoms with Crippen LogP contribution in [0, 0.1) is 5.92 Å². The van der Waals surface area contributed by atoms with Crippen molar-refractivity contribution in [3.8, 4) is 0 Å². The predicted molar refractivity (Wildman–Crippen MR) is 200 cm³/mol. The zero-order valence-corrected chi connectivity index (χ0v) is 31.6. The van der Waals surface area contributed by atoms with Gasteiger partial charge in [-0.05, 0) is 68.2 Å². The monoisotopic (exact) mass is 787 g/mol. The van der Waals surface area contributed by atoms with Gasteiger partial charge in [-0.25, -0.2) is 0 Å². The van der Waals surface area contributed by atoms with Gasteiger partial charge >= 0.3 is 12.4 Å². The average Bonchev–Trinajstić information content (AvgIpc) is 3.21. The van der Waals surface area contributed by atoms with E-state index in [4.69, 9.17) is 4.74 Å². The lowest BCUT2D eigenvalue weighted by Gasteiger charge is -2.48. The lowest BCUT2D eigenvalue weighted by atomic mass is 9.85. The second kappa shape index (κ2) is 17.4. The molecule has 2 aromatic rings. The molecule has 56 heavy (non-hydrogen) atoms. The predicted octanol–water partition coefficient (Wildman–Crippen LogP) is 6.90. The number of benzene rings is 2. The highest BCUT2D eigenvalue weighted by molar-refractivity contribution is 5.95. The number of rotatable bonds is 8.